The number of aromatic amines is 1. The van der Waals surface area contributed by atoms with Crippen molar-refractivity contribution >= 4 is 23.4 Å². The summed E-state index contributed by atoms with van der Waals surface area (Å²) in [6.07, 6.45) is 0. The maximum absolute atomic E-state index is 13.1. The van der Waals surface area contributed by atoms with Crippen molar-refractivity contribution in [3.63, 3.8) is 0 Å². The van der Waals surface area contributed by atoms with Crippen molar-refractivity contribution in [2.75, 3.05) is 5.32 Å². The van der Waals surface area contributed by atoms with Gasteiger partial charge in [0.15, 0.2) is 11.6 Å². The minimum Gasteiger partial charge on any atom is -0.325 e. The average Bonchev–Trinajstić information content (AvgIpc) is 2.97. The van der Waals surface area contributed by atoms with Crippen LogP contribution in [0.2, 0.25) is 0 Å². The highest BCUT2D eigenvalue weighted by atomic mass is 32.2. The fourth-order valence-electron chi connectivity index (χ4n) is 1.80. The standard InChI is InChI=1S/C15H12F2N4S/c16-12-7-6-10(8-13(12)17)9-22-15-19-14(20-21-15)18-11-4-2-1-3-5-11/h1-8H,9H2,(H2,18,19,20,21). The van der Waals surface area contributed by atoms with Gasteiger partial charge in [-0.3, -0.25) is 0 Å². The van der Waals surface area contributed by atoms with E-state index in [0.29, 0.717) is 22.4 Å². The molecule has 0 bridgehead atoms. The molecule has 3 rings (SSSR count). The summed E-state index contributed by atoms with van der Waals surface area (Å²) in [5.41, 5.74) is 1.57. The number of halogens is 2. The largest absolute Gasteiger partial charge is 0.325 e. The Morgan fingerprint density at radius 1 is 1.05 bits per heavy atom. The second-order valence-electron chi connectivity index (χ2n) is 4.49. The van der Waals surface area contributed by atoms with Gasteiger partial charge in [0.05, 0.1) is 0 Å². The lowest BCUT2D eigenvalue weighted by atomic mass is 10.2. The zero-order valence-electron chi connectivity index (χ0n) is 11.4. The first kappa shape index (κ1) is 14.5. The Labute approximate surface area is 130 Å². The normalized spacial score (nSPS) is 10.6. The van der Waals surface area contributed by atoms with E-state index in [1.165, 1.54) is 17.8 Å². The molecule has 0 amide bonds. The smallest absolute Gasteiger partial charge is 0.223 e. The predicted molar refractivity (Wildman–Crippen MR) is 82.0 cm³/mol. The van der Waals surface area contributed by atoms with Crippen LogP contribution in [0.3, 0.4) is 0 Å². The van der Waals surface area contributed by atoms with Crippen LogP contribution in [0.15, 0.2) is 53.7 Å². The van der Waals surface area contributed by atoms with Gasteiger partial charge in [-0.05, 0) is 29.8 Å². The first-order chi connectivity index (χ1) is 10.7. The van der Waals surface area contributed by atoms with Crippen LogP contribution in [0.25, 0.3) is 0 Å². The molecule has 0 saturated carbocycles. The van der Waals surface area contributed by atoms with Crippen LogP contribution in [-0.4, -0.2) is 15.2 Å². The summed E-state index contributed by atoms with van der Waals surface area (Å²) in [7, 11) is 0. The monoisotopic (exact) mass is 318 g/mol. The number of H-pyrrole nitrogens is 1. The summed E-state index contributed by atoms with van der Waals surface area (Å²) < 4.78 is 26.0. The first-order valence-corrected chi connectivity index (χ1v) is 7.50. The number of para-hydroxylation sites is 1. The average molecular weight is 318 g/mol. The van der Waals surface area contributed by atoms with Crippen molar-refractivity contribution in [2.24, 2.45) is 0 Å². The molecule has 0 unspecified atom stereocenters. The van der Waals surface area contributed by atoms with Gasteiger partial charge in [0.25, 0.3) is 0 Å². The Morgan fingerprint density at radius 2 is 1.86 bits per heavy atom. The molecule has 7 heteroatoms. The van der Waals surface area contributed by atoms with E-state index in [4.69, 9.17) is 0 Å². The molecular formula is C15H12F2N4S. The third kappa shape index (κ3) is 3.62. The molecule has 0 spiro atoms. The Balaban J connectivity index is 1.61. The number of hydrogen-bond donors (Lipinski definition) is 2. The molecule has 2 aromatic carbocycles. The summed E-state index contributed by atoms with van der Waals surface area (Å²) in [4.78, 5) is 4.28. The molecule has 0 radical (unpaired) electrons. The van der Waals surface area contributed by atoms with Crippen molar-refractivity contribution in [3.05, 3.63) is 65.7 Å². The first-order valence-electron chi connectivity index (χ1n) is 6.52. The summed E-state index contributed by atoms with van der Waals surface area (Å²) in [6, 6.07) is 13.4. The van der Waals surface area contributed by atoms with Gasteiger partial charge in [-0.25, -0.2) is 13.9 Å². The minimum absolute atomic E-state index is 0.458. The molecule has 0 aliphatic rings. The van der Waals surface area contributed by atoms with Crippen molar-refractivity contribution in [2.45, 2.75) is 10.9 Å². The summed E-state index contributed by atoms with van der Waals surface area (Å²) >= 11 is 1.34. The molecular weight excluding hydrogens is 306 g/mol. The summed E-state index contributed by atoms with van der Waals surface area (Å²) in [6.45, 7) is 0. The lowest BCUT2D eigenvalue weighted by molar-refractivity contribution is 0.507. The number of hydrogen-bond acceptors (Lipinski definition) is 4. The van der Waals surface area contributed by atoms with Crippen LogP contribution in [0.5, 0.6) is 0 Å². The van der Waals surface area contributed by atoms with E-state index in [2.05, 4.69) is 20.5 Å². The topological polar surface area (TPSA) is 53.6 Å². The van der Waals surface area contributed by atoms with Crippen molar-refractivity contribution in [1.29, 1.82) is 0 Å². The van der Waals surface area contributed by atoms with Gasteiger partial charge in [-0.2, -0.15) is 4.98 Å². The number of benzene rings is 2. The molecule has 112 valence electrons. The van der Waals surface area contributed by atoms with E-state index in [1.807, 2.05) is 30.3 Å². The third-order valence-electron chi connectivity index (χ3n) is 2.85. The molecule has 0 aliphatic heterocycles. The van der Waals surface area contributed by atoms with Crippen molar-refractivity contribution in [1.82, 2.24) is 15.2 Å². The van der Waals surface area contributed by atoms with E-state index in [9.17, 15) is 8.78 Å². The lowest BCUT2D eigenvalue weighted by Gasteiger charge is -2.00. The lowest BCUT2D eigenvalue weighted by Crippen LogP contribution is -1.91. The highest BCUT2D eigenvalue weighted by Crippen LogP contribution is 2.22. The van der Waals surface area contributed by atoms with E-state index in [1.54, 1.807) is 6.07 Å². The maximum atomic E-state index is 13.1. The molecule has 0 aliphatic carbocycles. The zero-order valence-corrected chi connectivity index (χ0v) is 12.2. The fraction of sp³-hybridized carbons (Fsp3) is 0.0667. The number of aromatic nitrogens is 3. The minimum atomic E-state index is -0.848. The highest BCUT2D eigenvalue weighted by Gasteiger charge is 2.07. The Hall–Kier alpha value is -2.41. The van der Waals surface area contributed by atoms with Crippen LogP contribution >= 0.6 is 11.8 Å². The van der Waals surface area contributed by atoms with Crippen LogP contribution in [0.1, 0.15) is 5.56 Å². The molecule has 2 N–H and O–H groups in total. The summed E-state index contributed by atoms with van der Waals surface area (Å²) in [5, 5.41) is 10.5. The van der Waals surface area contributed by atoms with Crippen LogP contribution in [-0.2, 0) is 5.75 Å². The molecule has 0 saturated heterocycles. The zero-order chi connectivity index (χ0) is 15.4. The number of rotatable bonds is 5. The van der Waals surface area contributed by atoms with E-state index in [-0.39, 0.29) is 0 Å². The molecule has 22 heavy (non-hydrogen) atoms. The summed E-state index contributed by atoms with van der Waals surface area (Å²) in [5.74, 6) is -0.709. The van der Waals surface area contributed by atoms with E-state index in [0.717, 1.165) is 11.8 Å². The Morgan fingerprint density at radius 3 is 2.64 bits per heavy atom. The van der Waals surface area contributed by atoms with E-state index >= 15 is 0 Å². The quantitative estimate of drug-likeness (QED) is 0.695. The SMILES string of the molecule is Fc1ccc(CSc2n[nH]c(Nc3ccccc3)n2)cc1F. The number of anilines is 2. The maximum Gasteiger partial charge on any atom is 0.223 e. The highest BCUT2D eigenvalue weighted by molar-refractivity contribution is 7.98. The van der Waals surface area contributed by atoms with Crippen molar-refractivity contribution < 1.29 is 8.78 Å². The van der Waals surface area contributed by atoms with Gasteiger partial charge in [0, 0.05) is 11.4 Å². The van der Waals surface area contributed by atoms with Gasteiger partial charge in [-0.1, -0.05) is 36.0 Å². The predicted octanol–water partition coefficient (Wildman–Crippen LogP) is 4.12. The second kappa shape index (κ2) is 6.57. The number of nitrogens with one attached hydrogen (secondary N) is 2. The van der Waals surface area contributed by atoms with E-state index < -0.39 is 11.6 Å². The Kier molecular flexibility index (Phi) is 4.34. The molecule has 0 atom stereocenters. The van der Waals surface area contributed by atoms with Gasteiger partial charge in [0.1, 0.15) is 0 Å². The van der Waals surface area contributed by atoms with Gasteiger partial charge >= 0.3 is 0 Å². The van der Waals surface area contributed by atoms with Crippen LogP contribution < -0.4 is 5.32 Å². The van der Waals surface area contributed by atoms with Gasteiger partial charge in [-0.15, -0.1) is 5.10 Å². The molecule has 3 aromatic rings. The van der Waals surface area contributed by atoms with Gasteiger partial charge in [0.2, 0.25) is 11.1 Å². The second-order valence-corrected chi connectivity index (χ2v) is 5.44. The van der Waals surface area contributed by atoms with Crippen LogP contribution in [0.4, 0.5) is 20.4 Å². The Bertz CT molecular complexity index is 761. The molecule has 1 heterocycles. The fourth-order valence-corrected chi connectivity index (χ4v) is 2.54. The van der Waals surface area contributed by atoms with Gasteiger partial charge < -0.3 is 5.32 Å². The molecule has 0 fully saturated rings. The third-order valence-corrected chi connectivity index (χ3v) is 3.77. The van der Waals surface area contributed by atoms with Crippen molar-refractivity contribution in [3.8, 4) is 0 Å². The number of thioether (sulfide) groups is 1. The molecule has 4 nitrogen and oxygen atoms in total. The van der Waals surface area contributed by atoms with Crippen LogP contribution in [0, 0.1) is 11.6 Å². The molecule has 1 aromatic heterocycles. The number of nitrogens with zero attached hydrogens (tertiary/aromatic N) is 2.